The molecule has 1 N–H and O–H groups in total. The highest BCUT2D eigenvalue weighted by Crippen LogP contribution is 2.23. The first-order chi connectivity index (χ1) is 9.19. The lowest BCUT2D eigenvalue weighted by Crippen LogP contribution is -2.23. The fourth-order valence-corrected chi connectivity index (χ4v) is 2.02. The maximum Gasteiger partial charge on any atom is 0.332 e. The molecule has 0 aliphatic carbocycles. The van der Waals surface area contributed by atoms with Crippen LogP contribution < -0.4 is 9.47 Å². The molecule has 1 aliphatic rings. The molecule has 5 heteroatoms. The molecule has 1 fully saturated rings. The second-order valence-electron chi connectivity index (χ2n) is 4.38. The number of rotatable bonds is 6. The summed E-state index contributed by atoms with van der Waals surface area (Å²) in [6.45, 7) is 2.89. The highest BCUT2D eigenvalue weighted by molar-refractivity contribution is 5.72. The SMILES string of the molecule is CCOc1cccc(OCC2CCC(C(=O)O)O2)c1. The summed E-state index contributed by atoms with van der Waals surface area (Å²) in [7, 11) is 0. The van der Waals surface area contributed by atoms with Gasteiger partial charge in [-0.15, -0.1) is 0 Å². The zero-order valence-electron chi connectivity index (χ0n) is 10.9. The molecule has 0 radical (unpaired) electrons. The molecule has 0 amide bonds. The van der Waals surface area contributed by atoms with Gasteiger partial charge < -0.3 is 19.3 Å². The van der Waals surface area contributed by atoms with Gasteiger partial charge in [0.05, 0.1) is 12.7 Å². The second kappa shape index (κ2) is 6.43. The van der Waals surface area contributed by atoms with Crippen molar-refractivity contribution in [3.63, 3.8) is 0 Å². The summed E-state index contributed by atoms with van der Waals surface area (Å²) in [5.74, 6) is 0.560. The summed E-state index contributed by atoms with van der Waals surface area (Å²) in [5, 5.41) is 8.83. The first-order valence-corrected chi connectivity index (χ1v) is 6.43. The van der Waals surface area contributed by atoms with Gasteiger partial charge in [-0.1, -0.05) is 6.07 Å². The third kappa shape index (κ3) is 3.86. The van der Waals surface area contributed by atoms with Crippen molar-refractivity contribution in [3.05, 3.63) is 24.3 Å². The smallest absolute Gasteiger partial charge is 0.332 e. The summed E-state index contributed by atoms with van der Waals surface area (Å²) in [4.78, 5) is 10.8. The zero-order valence-corrected chi connectivity index (χ0v) is 10.9. The Morgan fingerprint density at radius 1 is 1.37 bits per heavy atom. The van der Waals surface area contributed by atoms with Gasteiger partial charge in [-0.2, -0.15) is 0 Å². The molecule has 0 aromatic heterocycles. The van der Waals surface area contributed by atoms with Crippen molar-refractivity contribution in [1.82, 2.24) is 0 Å². The summed E-state index contributed by atoms with van der Waals surface area (Å²) >= 11 is 0. The molecule has 0 bridgehead atoms. The minimum atomic E-state index is -0.902. The third-order valence-corrected chi connectivity index (χ3v) is 2.94. The lowest BCUT2D eigenvalue weighted by atomic mass is 10.2. The number of carboxylic acids is 1. The van der Waals surface area contributed by atoms with E-state index in [1.165, 1.54) is 0 Å². The number of hydrogen-bond donors (Lipinski definition) is 1. The lowest BCUT2D eigenvalue weighted by Gasteiger charge is -2.13. The van der Waals surface area contributed by atoms with Crippen LogP contribution in [0.1, 0.15) is 19.8 Å². The van der Waals surface area contributed by atoms with E-state index in [2.05, 4.69) is 0 Å². The Bertz CT molecular complexity index is 432. The van der Waals surface area contributed by atoms with Crippen molar-refractivity contribution >= 4 is 5.97 Å². The predicted molar refractivity (Wildman–Crippen MR) is 68.6 cm³/mol. The number of carbonyl (C=O) groups is 1. The Kier molecular flexibility index (Phi) is 4.63. The van der Waals surface area contributed by atoms with E-state index in [1.54, 1.807) is 0 Å². The Hall–Kier alpha value is -1.75. The van der Waals surface area contributed by atoms with Gasteiger partial charge in [0.1, 0.15) is 18.1 Å². The van der Waals surface area contributed by atoms with E-state index in [9.17, 15) is 4.79 Å². The van der Waals surface area contributed by atoms with Crippen LogP contribution in [0.5, 0.6) is 11.5 Å². The topological polar surface area (TPSA) is 65.0 Å². The van der Waals surface area contributed by atoms with Crippen LogP contribution in [0, 0.1) is 0 Å². The minimum absolute atomic E-state index is 0.156. The van der Waals surface area contributed by atoms with Gasteiger partial charge in [0.25, 0.3) is 0 Å². The zero-order chi connectivity index (χ0) is 13.7. The highest BCUT2D eigenvalue weighted by Gasteiger charge is 2.30. The van der Waals surface area contributed by atoms with E-state index in [0.29, 0.717) is 31.8 Å². The molecule has 1 aromatic rings. The van der Waals surface area contributed by atoms with Gasteiger partial charge >= 0.3 is 5.97 Å². The molecule has 1 heterocycles. The standard InChI is InChI=1S/C14H18O5/c1-2-17-10-4-3-5-11(8-10)18-9-12-6-7-13(19-12)14(15)16/h3-5,8,12-13H,2,6-7,9H2,1H3,(H,15,16). The summed E-state index contributed by atoms with van der Waals surface area (Å²) in [5.41, 5.74) is 0. The molecule has 19 heavy (non-hydrogen) atoms. The van der Waals surface area contributed by atoms with Crippen LogP contribution in [-0.4, -0.2) is 36.5 Å². The monoisotopic (exact) mass is 266 g/mol. The van der Waals surface area contributed by atoms with Crippen LogP contribution in [-0.2, 0) is 9.53 Å². The van der Waals surface area contributed by atoms with Crippen LogP contribution in [0.3, 0.4) is 0 Å². The van der Waals surface area contributed by atoms with Gasteiger partial charge in [0.15, 0.2) is 6.10 Å². The summed E-state index contributed by atoms with van der Waals surface area (Å²) in [6, 6.07) is 7.37. The third-order valence-electron chi connectivity index (χ3n) is 2.94. The number of benzene rings is 1. The van der Waals surface area contributed by atoms with E-state index >= 15 is 0 Å². The van der Waals surface area contributed by atoms with Crippen molar-refractivity contribution in [1.29, 1.82) is 0 Å². The van der Waals surface area contributed by atoms with E-state index in [-0.39, 0.29) is 6.10 Å². The molecule has 0 spiro atoms. The van der Waals surface area contributed by atoms with E-state index < -0.39 is 12.1 Å². The molecule has 5 nitrogen and oxygen atoms in total. The van der Waals surface area contributed by atoms with Crippen LogP contribution in [0.4, 0.5) is 0 Å². The number of ether oxygens (including phenoxy) is 3. The molecule has 104 valence electrons. The van der Waals surface area contributed by atoms with E-state index in [0.717, 1.165) is 5.75 Å². The Labute approximate surface area is 112 Å². The van der Waals surface area contributed by atoms with Gasteiger partial charge in [-0.3, -0.25) is 0 Å². The van der Waals surface area contributed by atoms with E-state index in [4.69, 9.17) is 19.3 Å². The Balaban J connectivity index is 1.82. The molecule has 0 saturated carbocycles. The molecule has 2 atom stereocenters. The minimum Gasteiger partial charge on any atom is -0.494 e. The molecule has 1 aliphatic heterocycles. The Morgan fingerprint density at radius 2 is 2.11 bits per heavy atom. The van der Waals surface area contributed by atoms with Crippen molar-refractivity contribution < 1.29 is 24.1 Å². The van der Waals surface area contributed by atoms with Crippen molar-refractivity contribution in [2.45, 2.75) is 32.0 Å². The number of aliphatic carboxylic acids is 1. The van der Waals surface area contributed by atoms with Crippen LogP contribution in [0.25, 0.3) is 0 Å². The quantitative estimate of drug-likeness (QED) is 0.854. The molecule has 1 aromatic carbocycles. The first kappa shape index (κ1) is 13.7. The summed E-state index contributed by atoms with van der Waals surface area (Å²) in [6.07, 6.45) is 0.407. The predicted octanol–water partition coefficient (Wildman–Crippen LogP) is 2.10. The largest absolute Gasteiger partial charge is 0.494 e. The van der Waals surface area contributed by atoms with Gasteiger partial charge in [-0.05, 0) is 31.9 Å². The van der Waals surface area contributed by atoms with Crippen molar-refractivity contribution in [2.24, 2.45) is 0 Å². The Morgan fingerprint density at radius 3 is 2.74 bits per heavy atom. The van der Waals surface area contributed by atoms with Gasteiger partial charge in [0.2, 0.25) is 0 Å². The molecule has 2 unspecified atom stereocenters. The average molecular weight is 266 g/mol. The first-order valence-electron chi connectivity index (χ1n) is 6.43. The van der Waals surface area contributed by atoms with Crippen molar-refractivity contribution in [3.8, 4) is 11.5 Å². The van der Waals surface area contributed by atoms with Gasteiger partial charge in [0, 0.05) is 6.07 Å². The average Bonchev–Trinajstić information content (AvgIpc) is 2.86. The number of carboxylic acid groups (broad SMARTS) is 1. The van der Waals surface area contributed by atoms with Crippen LogP contribution >= 0.6 is 0 Å². The molecular formula is C14H18O5. The normalized spacial score (nSPS) is 22.2. The molecule has 2 rings (SSSR count). The maximum atomic E-state index is 10.8. The van der Waals surface area contributed by atoms with Crippen LogP contribution in [0.2, 0.25) is 0 Å². The van der Waals surface area contributed by atoms with Crippen molar-refractivity contribution in [2.75, 3.05) is 13.2 Å². The van der Waals surface area contributed by atoms with Gasteiger partial charge in [-0.25, -0.2) is 4.79 Å². The molecular weight excluding hydrogens is 248 g/mol. The fraction of sp³-hybridized carbons (Fsp3) is 0.500. The lowest BCUT2D eigenvalue weighted by molar-refractivity contribution is -0.149. The number of hydrogen-bond acceptors (Lipinski definition) is 4. The second-order valence-corrected chi connectivity index (χ2v) is 4.38. The molecule has 1 saturated heterocycles. The van der Waals surface area contributed by atoms with Crippen LogP contribution in [0.15, 0.2) is 24.3 Å². The highest BCUT2D eigenvalue weighted by atomic mass is 16.6. The fourth-order valence-electron chi connectivity index (χ4n) is 2.02. The maximum absolute atomic E-state index is 10.8. The van der Waals surface area contributed by atoms with E-state index in [1.807, 2.05) is 31.2 Å². The summed E-state index contributed by atoms with van der Waals surface area (Å²) < 4.78 is 16.4.